The minimum absolute atomic E-state index is 0.880. The molecule has 0 heterocycles. The zero-order valence-corrected chi connectivity index (χ0v) is 17.8. The van der Waals surface area contributed by atoms with Gasteiger partial charge in [-0.2, -0.15) is 0 Å². The fourth-order valence-electron chi connectivity index (χ4n) is 1.81. The summed E-state index contributed by atoms with van der Waals surface area (Å²) in [6.45, 7) is 26.5. The van der Waals surface area contributed by atoms with Crippen molar-refractivity contribution >= 4 is 0 Å². The molecule has 0 bridgehead atoms. The Labute approximate surface area is 139 Å². The maximum atomic E-state index is 2.30. The molecule has 0 fully saturated rings. The first kappa shape index (κ1) is 29.1. The smallest absolute Gasteiger partial charge is 0.0396 e. The summed E-state index contributed by atoms with van der Waals surface area (Å²) >= 11 is 0. The zero-order valence-electron chi connectivity index (χ0n) is 17.8. The molecule has 0 saturated heterocycles. The summed E-state index contributed by atoms with van der Waals surface area (Å²) in [4.78, 5) is 0. The first-order valence-electron chi connectivity index (χ1n) is 9.76. The van der Waals surface area contributed by atoms with Gasteiger partial charge in [-0.15, -0.1) is 0 Å². The van der Waals surface area contributed by atoms with Crippen molar-refractivity contribution in [3.8, 4) is 0 Å². The van der Waals surface area contributed by atoms with E-state index >= 15 is 0 Å². The van der Waals surface area contributed by atoms with Crippen LogP contribution in [-0.4, -0.2) is 0 Å². The van der Waals surface area contributed by atoms with E-state index in [4.69, 9.17) is 0 Å². The summed E-state index contributed by atoms with van der Waals surface area (Å²) in [5.41, 5.74) is 0. The summed E-state index contributed by atoms with van der Waals surface area (Å²) in [5.74, 6) is 3.62. The van der Waals surface area contributed by atoms with Crippen LogP contribution < -0.4 is 0 Å². The van der Waals surface area contributed by atoms with Gasteiger partial charge in [0.05, 0.1) is 0 Å². The fourth-order valence-corrected chi connectivity index (χ4v) is 1.81. The van der Waals surface area contributed by atoms with Gasteiger partial charge in [-0.25, -0.2) is 0 Å². The van der Waals surface area contributed by atoms with Gasteiger partial charge in [-0.3, -0.25) is 0 Å². The predicted molar refractivity (Wildman–Crippen MR) is 105 cm³/mol. The Morgan fingerprint density at radius 3 is 0.905 bits per heavy atom. The summed E-state index contributed by atoms with van der Waals surface area (Å²) in [7, 11) is 0. The van der Waals surface area contributed by atoms with Gasteiger partial charge in [0.2, 0.25) is 0 Å². The third-order valence-electron chi connectivity index (χ3n) is 3.67. The Bertz CT molecular complexity index is 129. The molecule has 0 amide bonds. The van der Waals surface area contributed by atoms with Crippen molar-refractivity contribution in [3.63, 3.8) is 0 Å². The Balaban J connectivity index is -0.0000000998. The third kappa shape index (κ3) is 38.3. The van der Waals surface area contributed by atoms with Crippen LogP contribution >= 0.6 is 0 Å². The molecule has 0 rings (SSSR count). The molecular formula is C21H50. The van der Waals surface area contributed by atoms with Crippen molar-refractivity contribution in [2.75, 3.05) is 0 Å². The Kier molecular flexibility index (Phi) is 34.6. The van der Waals surface area contributed by atoms with Crippen LogP contribution in [0.1, 0.15) is 115 Å². The molecule has 0 aromatic carbocycles. The van der Waals surface area contributed by atoms with E-state index in [1.54, 1.807) is 0 Å². The van der Waals surface area contributed by atoms with Crippen LogP contribution in [0.5, 0.6) is 0 Å². The number of rotatable bonds is 6. The van der Waals surface area contributed by atoms with Crippen molar-refractivity contribution < 1.29 is 0 Å². The molecule has 0 aromatic rings. The summed E-state index contributed by atoms with van der Waals surface area (Å²) < 4.78 is 0. The standard InChI is InChI=1S/C8H18.C6H14.C5H12.C2H6/c1-5-8(6-2)7(3)4;1-4-5-6(2)3;1-4-5(2)3;1-2/h7-8H,5-6H2,1-4H3;6H,4-5H2,1-3H3;5H,4H2,1-3H3;1-2H3. The van der Waals surface area contributed by atoms with E-state index < -0.39 is 0 Å². The summed E-state index contributed by atoms with van der Waals surface area (Å²) in [6.07, 6.45) is 6.69. The van der Waals surface area contributed by atoms with Gasteiger partial charge < -0.3 is 0 Å². The Hall–Kier alpha value is 0. The zero-order chi connectivity index (χ0) is 17.8. The molecule has 0 aliphatic rings. The SMILES string of the molecule is CC.CCC(C)C.CCC(CC)C(C)C.CCCC(C)C. The van der Waals surface area contributed by atoms with Gasteiger partial charge in [0.1, 0.15) is 0 Å². The molecule has 134 valence electrons. The maximum absolute atomic E-state index is 2.30. The third-order valence-corrected chi connectivity index (χ3v) is 3.67. The molecule has 0 spiro atoms. The van der Waals surface area contributed by atoms with Gasteiger partial charge in [-0.05, 0) is 23.7 Å². The molecule has 0 heteroatoms. The highest BCUT2D eigenvalue weighted by Gasteiger charge is 2.06. The summed E-state index contributed by atoms with van der Waals surface area (Å²) in [6, 6.07) is 0. The normalized spacial score (nSPS) is 9.71. The molecule has 21 heavy (non-hydrogen) atoms. The van der Waals surface area contributed by atoms with Crippen molar-refractivity contribution in [3.05, 3.63) is 0 Å². The topological polar surface area (TPSA) is 0 Å². The lowest BCUT2D eigenvalue weighted by molar-refractivity contribution is 0.362. The van der Waals surface area contributed by atoms with Gasteiger partial charge in [0.25, 0.3) is 0 Å². The fraction of sp³-hybridized carbons (Fsp3) is 1.00. The van der Waals surface area contributed by atoms with Gasteiger partial charge in [-0.1, -0.05) is 115 Å². The highest BCUT2D eigenvalue weighted by Crippen LogP contribution is 2.17. The first-order valence-corrected chi connectivity index (χ1v) is 9.76. The second kappa shape index (κ2) is 25.0. The first-order chi connectivity index (χ1) is 9.76. The van der Waals surface area contributed by atoms with E-state index in [0.717, 1.165) is 23.7 Å². The van der Waals surface area contributed by atoms with Crippen LogP contribution in [0.3, 0.4) is 0 Å². The average molecular weight is 303 g/mol. The second-order valence-corrected chi connectivity index (χ2v) is 6.81. The Morgan fingerprint density at radius 1 is 0.571 bits per heavy atom. The van der Waals surface area contributed by atoms with E-state index in [-0.39, 0.29) is 0 Å². The minimum atomic E-state index is 0.880. The molecule has 0 radical (unpaired) electrons. The quantitative estimate of drug-likeness (QED) is 0.460. The van der Waals surface area contributed by atoms with Crippen molar-refractivity contribution in [1.29, 1.82) is 0 Å². The monoisotopic (exact) mass is 302 g/mol. The van der Waals surface area contributed by atoms with E-state index in [1.165, 1.54) is 32.1 Å². The molecule has 0 unspecified atom stereocenters. The lowest BCUT2D eigenvalue weighted by Gasteiger charge is -2.15. The number of hydrogen-bond acceptors (Lipinski definition) is 0. The molecule has 0 N–H and O–H groups in total. The van der Waals surface area contributed by atoms with Crippen LogP contribution in [-0.2, 0) is 0 Å². The number of hydrogen-bond donors (Lipinski definition) is 0. The highest BCUT2D eigenvalue weighted by atomic mass is 14.1. The predicted octanol–water partition coefficient (Wildman–Crippen LogP) is 8.60. The van der Waals surface area contributed by atoms with Crippen LogP contribution in [0.4, 0.5) is 0 Å². The van der Waals surface area contributed by atoms with E-state index in [9.17, 15) is 0 Å². The lowest BCUT2D eigenvalue weighted by Crippen LogP contribution is -2.04. The van der Waals surface area contributed by atoms with Crippen molar-refractivity contribution in [2.24, 2.45) is 23.7 Å². The average Bonchev–Trinajstić information content (AvgIpc) is 2.43. The van der Waals surface area contributed by atoms with Crippen LogP contribution in [0.2, 0.25) is 0 Å². The van der Waals surface area contributed by atoms with Gasteiger partial charge >= 0.3 is 0 Å². The molecule has 0 aliphatic carbocycles. The lowest BCUT2D eigenvalue weighted by atomic mass is 9.91. The second-order valence-electron chi connectivity index (χ2n) is 6.81. The molecule has 0 atom stereocenters. The Morgan fingerprint density at radius 2 is 0.905 bits per heavy atom. The van der Waals surface area contributed by atoms with Crippen LogP contribution in [0.25, 0.3) is 0 Å². The van der Waals surface area contributed by atoms with Crippen molar-refractivity contribution in [2.45, 2.75) is 115 Å². The molecule has 0 saturated carbocycles. The van der Waals surface area contributed by atoms with Crippen molar-refractivity contribution in [1.82, 2.24) is 0 Å². The molecule has 0 aliphatic heterocycles. The largest absolute Gasteiger partial charge is 0.0683 e. The van der Waals surface area contributed by atoms with E-state index in [2.05, 4.69) is 69.2 Å². The highest BCUT2D eigenvalue weighted by molar-refractivity contribution is 4.57. The van der Waals surface area contributed by atoms with Crippen LogP contribution in [0, 0.1) is 23.7 Å². The molecule has 0 aromatic heterocycles. The minimum Gasteiger partial charge on any atom is -0.0683 e. The van der Waals surface area contributed by atoms with Crippen LogP contribution in [0.15, 0.2) is 0 Å². The van der Waals surface area contributed by atoms with Gasteiger partial charge in [0, 0.05) is 0 Å². The summed E-state index contributed by atoms with van der Waals surface area (Å²) in [5, 5.41) is 0. The molecular weight excluding hydrogens is 252 g/mol. The molecule has 0 nitrogen and oxygen atoms in total. The maximum Gasteiger partial charge on any atom is -0.0396 e. The van der Waals surface area contributed by atoms with E-state index in [0.29, 0.717) is 0 Å². The van der Waals surface area contributed by atoms with E-state index in [1.807, 2.05) is 13.8 Å². The van der Waals surface area contributed by atoms with Gasteiger partial charge in [0.15, 0.2) is 0 Å².